The van der Waals surface area contributed by atoms with Gasteiger partial charge in [-0.1, -0.05) is 0 Å². The van der Waals surface area contributed by atoms with E-state index in [1.54, 1.807) is 10.7 Å². The average Bonchev–Trinajstić information content (AvgIpc) is 3.08. The first-order valence-corrected chi connectivity index (χ1v) is 6.70. The number of nitrogens with zero attached hydrogens (tertiary/aromatic N) is 6. The Morgan fingerprint density at radius 1 is 1.30 bits per heavy atom. The van der Waals surface area contributed by atoms with E-state index < -0.39 is 0 Å². The van der Waals surface area contributed by atoms with Gasteiger partial charge in [0.15, 0.2) is 0 Å². The smallest absolute Gasteiger partial charge is 0.254 e. The minimum atomic E-state index is 0.630. The molecule has 3 aromatic heterocycles. The van der Waals surface area contributed by atoms with Gasteiger partial charge in [0.25, 0.3) is 5.78 Å². The molecule has 7 nitrogen and oxygen atoms in total. The number of aryl methyl sites for hydroxylation is 2. The number of anilines is 1. The quantitative estimate of drug-likeness (QED) is 0.688. The van der Waals surface area contributed by atoms with E-state index in [2.05, 4.69) is 29.9 Å². The molecule has 0 spiro atoms. The summed E-state index contributed by atoms with van der Waals surface area (Å²) in [5, 5.41) is 7.56. The van der Waals surface area contributed by atoms with Crippen LogP contribution in [-0.2, 0) is 6.54 Å². The third-order valence-corrected chi connectivity index (χ3v) is 3.09. The van der Waals surface area contributed by atoms with Gasteiger partial charge in [-0.25, -0.2) is 9.97 Å². The monoisotopic (exact) mass is 271 g/mol. The molecule has 0 aliphatic carbocycles. The van der Waals surface area contributed by atoms with Crippen molar-refractivity contribution in [3.05, 3.63) is 36.8 Å². The van der Waals surface area contributed by atoms with Crippen molar-refractivity contribution in [3.63, 3.8) is 0 Å². The number of rotatable bonds is 6. The first-order chi connectivity index (χ1) is 9.83. The highest BCUT2D eigenvalue weighted by Crippen LogP contribution is 2.10. The Balaban J connectivity index is 1.53. The number of nitrogens with one attached hydrogen (secondary N) is 1. The first kappa shape index (κ1) is 12.6. The van der Waals surface area contributed by atoms with Gasteiger partial charge < -0.3 is 9.88 Å². The molecule has 1 N–H and O–H groups in total. The van der Waals surface area contributed by atoms with Crippen molar-refractivity contribution in [2.75, 3.05) is 11.9 Å². The minimum Gasteiger partial charge on any atom is -0.370 e. The Morgan fingerprint density at radius 3 is 3.10 bits per heavy atom. The fraction of sp³-hybridized carbons (Fsp3) is 0.385. The van der Waals surface area contributed by atoms with E-state index in [-0.39, 0.29) is 0 Å². The zero-order valence-corrected chi connectivity index (χ0v) is 11.4. The van der Waals surface area contributed by atoms with Crippen molar-refractivity contribution in [2.24, 2.45) is 0 Å². The van der Waals surface area contributed by atoms with Crippen molar-refractivity contribution >= 4 is 11.6 Å². The van der Waals surface area contributed by atoms with E-state index in [0.717, 1.165) is 37.4 Å². The van der Waals surface area contributed by atoms with Crippen LogP contribution < -0.4 is 5.32 Å². The standard InChI is InChI=1S/C13H17N7/c1-11-8-12(20-13(18-11)16-9-17-20)15-4-2-3-6-19-7-5-14-10-19/h5,7-10,15H,2-4,6H2,1H3. The van der Waals surface area contributed by atoms with Crippen LogP contribution in [0.25, 0.3) is 5.78 Å². The van der Waals surface area contributed by atoms with E-state index >= 15 is 0 Å². The molecule has 0 atom stereocenters. The van der Waals surface area contributed by atoms with Crippen molar-refractivity contribution in [3.8, 4) is 0 Å². The zero-order chi connectivity index (χ0) is 13.8. The number of hydrogen-bond acceptors (Lipinski definition) is 5. The molecule has 0 bridgehead atoms. The fourth-order valence-corrected chi connectivity index (χ4v) is 2.11. The highest BCUT2D eigenvalue weighted by molar-refractivity contribution is 5.44. The first-order valence-electron chi connectivity index (χ1n) is 6.70. The molecule has 0 aliphatic heterocycles. The molecular weight excluding hydrogens is 254 g/mol. The van der Waals surface area contributed by atoms with Gasteiger partial charge in [-0.3, -0.25) is 0 Å². The van der Waals surface area contributed by atoms with Crippen LogP contribution in [0, 0.1) is 6.92 Å². The summed E-state index contributed by atoms with van der Waals surface area (Å²) in [7, 11) is 0. The second-order valence-corrected chi connectivity index (χ2v) is 4.69. The van der Waals surface area contributed by atoms with E-state index in [4.69, 9.17) is 0 Å². The van der Waals surface area contributed by atoms with Crippen molar-refractivity contribution < 1.29 is 0 Å². The van der Waals surface area contributed by atoms with Crippen LogP contribution in [-0.4, -0.2) is 35.7 Å². The lowest BCUT2D eigenvalue weighted by Crippen LogP contribution is -2.09. The molecule has 0 saturated carbocycles. The van der Waals surface area contributed by atoms with Crippen LogP contribution in [0.15, 0.2) is 31.1 Å². The van der Waals surface area contributed by atoms with Gasteiger partial charge in [0.05, 0.1) is 6.33 Å². The van der Waals surface area contributed by atoms with Crippen LogP contribution in [0.4, 0.5) is 5.82 Å². The van der Waals surface area contributed by atoms with Gasteiger partial charge in [-0.2, -0.15) is 14.6 Å². The lowest BCUT2D eigenvalue weighted by Gasteiger charge is -2.08. The van der Waals surface area contributed by atoms with Crippen LogP contribution >= 0.6 is 0 Å². The summed E-state index contributed by atoms with van der Waals surface area (Å²) in [6.45, 7) is 3.85. The summed E-state index contributed by atoms with van der Waals surface area (Å²) < 4.78 is 3.81. The molecular formula is C13H17N7. The molecule has 3 aromatic rings. The molecule has 0 radical (unpaired) electrons. The second kappa shape index (κ2) is 5.68. The van der Waals surface area contributed by atoms with Crippen molar-refractivity contribution in [2.45, 2.75) is 26.3 Å². The molecule has 0 unspecified atom stereocenters. The summed E-state index contributed by atoms with van der Waals surface area (Å²) >= 11 is 0. The number of hydrogen-bond donors (Lipinski definition) is 1. The molecule has 20 heavy (non-hydrogen) atoms. The number of imidazole rings is 1. The van der Waals surface area contributed by atoms with Gasteiger partial charge in [0.2, 0.25) is 0 Å². The fourth-order valence-electron chi connectivity index (χ4n) is 2.11. The van der Waals surface area contributed by atoms with Crippen LogP contribution in [0.5, 0.6) is 0 Å². The molecule has 104 valence electrons. The predicted molar refractivity (Wildman–Crippen MR) is 75.5 cm³/mol. The Morgan fingerprint density at radius 2 is 2.25 bits per heavy atom. The molecule has 3 heterocycles. The second-order valence-electron chi connectivity index (χ2n) is 4.69. The van der Waals surface area contributed by atoms with E-state index in [9.17, 15) is 0 Å². The molecule has 0 aromatic carbocycles. The van der Waals surface area contributed by atoms with Crippen LogP contribution in [0.1, 0.15) is 18.5 Å². The minimum absolute atomic E-state index is 0.630. The van der Waals surface area contributed by atoms with E-state index in [1.165, 1.54) is 6.33 Å². The molecule has 3 rings (SSSR count). The highest BCUT2D eigenvalue weighted by atomic mass is 15.3. The normalized spacial score (nSPS) is 11.1. The van der Waals surface area contributed by atoms with Gasteiger partial charge in [0, 0.05) is 37.2 Å². The van der Waals surface area contributed by atoms with Crippen LogP contribution in [0.2, 0.25) is 0 Å². The Hall–Kier alpha value is -2.44. The highest BCUT2D eigenvalue weighted by Gasteiger charge is 2.04. The van der Waals surface area contributed by atoms with Gasteiger partial charge >= 0.3 is 0 Å². The molecule has 0 saturated heterocycles. The summed E-state index contributed by atoms with van der Waals surface area (Å²) in [6, 6.07) is 1.98. The lowest BCUT2D eigenvalue weighted by molar-refractivity contribution is 0.620. The van der Waals surface area contributed by atoms with E-state index in [1.807, 2.05) is 25.5 Å². The lowest BCUT2D eigenvalue weighted by atomic mass is 10.3. The Bertz CT molecular complexity index is 671. The van der Waals surface area contributed by atoms with Gasteiger partial charge in [-0.15, -0.1) is 0 Å². The summed E-state index contributed by atoms with van der Waals surface area (Å²) in [5.41, 5.74) is 0.936. The Kier molecular flexibility index (Phi) is 3.58. The maximum absolute atomic E-state index is 4.31. The number of fused-ring (bicyclic) bond motifs is 1. The third kappa shape index (κ3) is 2.76. The van der Waals surface area contributed by atoms with Crippen molar-refractivity contribution in [1.82, 2.24) is 29.1 Å². The molecule has 0 amide bonds. The van der Waals surface area contributed by atoms with Gasteiger partial charge in [0.1, 0.15) is 12.1 Å². The molecule has 7 heteroatoms. The van der Waals surface area contributed by atoms with Gasteiger partial charge in [-0.05, 0) is 19.8 Å². The van der Waals surface area contributed by atoms with E-state index in [0.29, 0.717) is 5.78 Å². The number of unbranched alkanes of at least 4 members (excludes halogenated alkanes) is 1. The predicted octanol–water partition coefficient (Wildman–Crippen LogP) is 1.52. The Labute approximate surface area is 116 Å². The molecule has 0 fully saturated rings. The summed E-state index contributed by atoms with van der Waals surface area (Å²) in [5.74, 6) is 1.57. The maximum Gasteiger partial charge on any atom is 0.254 e. The average molecular weight is 271 g/mol. The van der Waals surface area contributed by atoms with Crippen LogP contribution in [0.3, 0.4) is 0 Å². The largest absolute Gasteiger partial charge is 0.370 e. The third-order valence-electron chi connectivity index (χ3n) is 3.09. The topological polar surface area (TPSA) is 72.9 Å². The summed E-state index contributed by atoms with van der Waals surface area (Å²) in [4.78, 5) is 12.5. The number of aromatic nitrogens is 6. The summed E-state index contributed by atoms with van der Waals surface area (Å²) in [6.07, 6.45) is 9.34. The SMILES string of the molecule is Cc1cc(NCCCCn2ccnc2)n2ncnc2n1. The van der Waals surface area contributed by atoms with Crippen molar-refractivity contribution in [1.29, 1.82) is 0 Å². The molecule has 0 aliphatic rings. The maximum atomic E-state index is 4.31. The zero-order valence-electron chi connectivity index (χ0n) is 11.4.